The van der Waals surface area contributed by atoms with Crippen molar-refractivity contribution in [3.05, 3.63) is 23.8 Å². The Bertz CT molecular complexity index is 446. The Kier molecular flexibility index (Phi) is 4.04. The average molecular weight is 263 g/mol. The molecule has 1 aromatic carbocycles. The van der Waals surface area contributed by atoms with Crippen LogP contribution in [0.15, 0.2) is 18.2 Å². The fourth-order valence-electron chi connectivity index (χ4n) is 3.39. The molecule has 0 bridgehead atoms. The summed E-state index contributed by atoms with van der Waals surface area (Å²) in [6, 6.07) is 6.68. The van der Waals surface area contributed by atoms with E-state index in [9.17, 15) is 0 Å². The van der Waals surface area contributed by atoms with Gasteiger partial charge in [0.1, 0.15) is 11.5 Å². The molecule has 0 heterocycles. The van der Waals surface area contributed by atoms with Crippen molar-refractivity contribution in [3.8, 4) is 11.5 Å². The summed E-state index contributed by atoms with van der Waals surface area (Å²) in [4.78, 5) is 0. The van der Waals surface area contributed by atoms with Crippen LogP contribution in [0.3, 0.4) is 0 Å². The van der Waals surface area contributed by atoms with Crippen molar-refractivity contribution in [2.75, 3.05) is 21.3 Å². The second kappa shape index (κ2) is 5.41. The maximum atomic E-state index is 5.53. The van der Waals surface area contributed by atoms with Gasteiger partial charge in [-0.25, -0.2) is 0 Å². The molecule has 2 rings (SSSR count). The predicted octanol–water partition coefficient (Wildman–Crippen LogP) is 3.20. The monoisotopic (exact) mass is 263 g/mol. The van der Waals surface area contributed by atoms with Crippen molar-refractivity contribution < 1.29 is 9.47 Å². The molecule has 0 spiro atoms. The van der Waals surface area contributed by atoms with Gasteiger partial charge in [-0.2, -0.15) is 0 Å². The van der Waals surface area contributed by atoms with Crippen LogP contribution in [0.25, 0.3) is 0 Å². The number of rotatable bonds is 5. The number of ether oxygens (including phenoxy) is 2. The molecule has 106 valence electrons. The molecule has 1 aromatic rings. The summed E-state index contributed by atoms with van der Waals surface area (Å²) < 4.78 is 10.9. The maximum Gasteiger partial charge on any atom is 0.122 e. The van der Waals surface area contributed by atoms with Gasteiger partial charge in [-0.15, -0.1) is 0 Å². The van der Waals surface area contributed by atoms with Gasteiger partial charge in [-0.05, 0) is 49.4 Å². The molecule has 3 atom stereocenters. The first-order valence-electron chi connectivity index (χ1n) is 6.99. The zero-order valence-electron chi connectivity index (χ0n) is 12.6. The lowest BCUT2D eigenvalue weighted by Gasteiger charge is -2.54. The van der Waals surface area contributed by atoms with Crippen molar-refractivity contribution in [3.63, 3.8) is 0 Å². The molecule has 1 fully saturated rings. The summed E-state index contributed by atoms with van der Waals surface area (Å²) in [7, 11) is 5.50. The van der Waals surface area contributed by atoms with Crippen LogP contribution in [-0.2, 0) is 0 Å². The van der Waals surface area contributed by atoms with Crippen molar-refractivity contribution >= 4 is 0 Å². The molecule has 3 nitrogen and oxygen atoms in total. The third-order valence-corrected chi connectivity index (χ3v) is 4.99. The van der Waals surface area contributed by atoms with Gasteiger partial charge in [0.2, 0.25) is 0 Å². The van der Waals surface area contributed by atoms with Crippen LogP contribution in [-0.4, -0.2) is 27.3 Å². The summed E-state index contributed by atoms with van der Waals surface area (Å²) in [6.45, 7) is 4.63. The van der Waals surface area contributed by atoms with Gasteiger partial charge in [-0.3, -0.25) is 0 Å². The molecule has 1 N–H and O–H groups in total. The quantitative estimate of drug-likeness (QED) is 0.885. The average Bonchev–Trinajstić information content (AvgIpc) is 2.45. The van der Waals surface area contributed by atoms with Gasteiger partial charge >= 0.3 is 0 Å². The molecule has 1 aliphatic carbocycles. The van der Waals surface area contributed by atoms with E-state index in [4.69, 9.17) is 9.47 Å². The molecule has 0 aliphatic heterocycles. The van der Waals surface area contributed by atoms with E-state index >= 15 is 0 Å². The molecular weight excluding hydrogens is 238 g/mol. The summed E-state index contributed by atoms with van der Waals surface area (Å²) in [5.74, 6) is 2.40. The van der Waals surface area contributed by atoms with E-state index in [2.05, 4.69) is 32.3 Å². The van der Waals surface area contributed by atoms with E-state index in [0.29, 0.717) is 12.0 Å². The highest BCUT2D eigenvalue weighted by Gasteiger charge is 2.50. The van der Waals surface area contributed by atoms with Crippen LogP contribution in [0, 0.1) is 5.41 Å². The summed E-state index contributed by atoms with van der Waals surface area (Å²) >= 11 is 0. The fourth-order valence-corrected chi connectivity index (χ4v) is 3.39. The third-order valence-electron chi connectivity index (χ3n) is 4.99. The number of hydrogen-bond donors (Lipinski definition) is 1. The van der Waals surface area contributed by atoms with Gasteiger partial charge in [0.05, 0.1) is 14.2 Å². The van der Waals surface area contributed by atoms with E-state index in [0.717, 1.165) is 24.3 Å². The highest BCUT2D eigenvalue weighted by Crippen LogP contribution is 2.56. The Balaban J connectivity index is 2.36. The van der Waals surface area contributed by atoms with Crippen molar-refractivity contribution in [2.45, 2.75) is 38.6 Å². The van der Waals surface area contributed by atoms with E-state index in [1.165, 1.54) is 5.56 Å². The van der Waals surface area contributed by atoms with E-state index < -0.39 is 0 Å². The normalized spacial score (nSPS) is 29.7. The van der Waals surface area contributed by atoms with Crippen molar-refractivity contribution in [1.29, 1.82) is 0 Å². The van der Waals surface area contributed by atoms with Crippen LogP contribution >= 0.6 is 0 Å². The number of nitrogens with one attached hydrogen (secondary N) is 1. The van der Waals surface area contributed by atoms with Crippen molar-refractivity contribution in [1.82, 2.24) is 5.32 Å². The SMILES string of the molecule is CCC1(C)C(NC)CC1c1cc(OC)ccc1OC. The molecular formula is C16H25NO2. The lowest BCUT2D eigenvalue weighted by molar-refractivity contribution is 0.0479. The smallest absolute Gasteiger partial charge is 0.122 e. The lowest BCUT2D eigenvalue weighted by atomic mass is 9.54. The molecule has 0 radical (unpaired) electrons. The van der Waals surface area contributed by atoms with E-state index in [1.54, 1.807) is 14.2 Å². The largest absolute Gasteiger partial charge is 0.497 e. The minimum atomic E-state index is 0.286. The van der Waals surface area contributed by atoms with Gasteiger partial charge in [0, 0.05) is 11.6 Å². The van der Waals surface area contributed by atoms with Crippen LogP contribution in [0.1, 0.15) is 38.2 Å². The first kappa shape index (κ1) is 14.2. The molecule has 3 heteroatoms. The van der Waals surface area contributed by atoms with E-state index in [1.807, 2.05) is 12.1 Å². The Labute approximate surface area is 116 Å². The molecule has 1 saturated carbocycles. The van der Waals surface area contributed by atoms with Gasteiger partial charge in [0.15, 0.2) is 0 Å². The molecule has 0 aromatic heterocycles. The second-order valence-electron chi connectivity index (χ2n) is 5.60. The molecule has 0 amide bonds. The zero-order chi connectivity index (χ0) is 14.0. The Morgan fingerprint density at radius 2 is 2.05 bits per heavy atom. The van der Waals surface area contributed by atoms with Crippen molar-refractivity contribution in [2.24, 2.45) is 5.41 Å². The van der Waals surface area contributed by atoms with Crippen LogP contribution in [0.2, 0.25) is 0 Å². The molecule has 1 aliphatic rings. The van der Waals surface area contributed by atoms with E-state index in [-0.39, 0.29) is 5.41 Å². The topological polar surface area (TPSA) is 30.5 Å². The minimum absolute atomic E-state index is 0.286. The zero-order valence-corrected chi connectivity index (χ0v) is 12.6. The highest BCUT2D eigenvalue weighted by atomic mass is 16.5. The Morgan fingerprint density at radius 3 is 2.58 bits per heavy atom. The lowest BCUT2D eigenvalue weighted by Crippen LogP contribution is -2.55. The minimum Gasteiger partial charge on any atom is -0.497 e. The standard InChI is InChI=1S/C16H25NO2/c1-6-16(2)13(10-15(16)17-3)12-9-11(18-4)7-8-14(12)19-5/h7-9,13,15,17H,6,10H2,1-5H3. The number of benzene rings is 1. The van der Waals surface area contributed by atoms with Gasteiger partial charge < -0.3 is 14.8 Å². The van der Waals surface area contributed by atoms with Gasteiger partial charge in [-0.1, -0.05) is 13.8 Å². The first-order chi connectivity index (χ1) is 9.10. The van der Waals surface area contributed by atoms with Crippen LogP contribution in [0.4, 0.5) is 0 Å². The third kappa shape index (κ3) is 2.20. The highest BCUT2D eigenvalue weighted by molar-refractivity contribution is 5.45. The maximum absolute atomic E-state index is 5.53. The molecule has 19 heavy (non-hydrogen) atoms. The summed E-state index contributed by atoms with van der Waals surface area (Å²) in [5, 5.41) is 3.44. The van der Waals surface area contributed by atoms with Crippen LogP contribution < -0.4 is 14.8 Å². The summed E-state index contributed by atoms with van der Waals surface area (Å²) in [5.41, 5.74) is 1.56. The second-order valence-corrected chi connectivity index (χ2v) is 5.60. The Morgan fingerprint density at radius 1 is 1.32 bits per heavy atom. The summed E-state index contributed by atoms with van der Waals surface area (Å²) in [6.07, 6.45) is 2.31. The first-order valence-corrected chi connectivity index (χ1v) is 6.99. The van der Waals surface area contributed by atoms with Crippen LogP contribution in [0.5, 0.6) is 11.5 Å². The molecule has 0 saturated heterocycles. The predicted molar refractivity (Wildman–Crippen MR) is 78.1 cm³/mol. The molecule has 3 unspecified atom stereocenters. The van der Waals surface area contributed by atoms with Gasteiger partial charge in [0.25, 0.3) is 0 Å². The number of methoxy groups -OCH3 is 2. The Hall–Kier alpha value is -1.22. The fraction of sp³-hybridized carbons (Fsp3) is 0.625. The number of hydrogen-bond acceptors (Lipinski definition) is 3.